The summed E-state index contributed by atoms with van der Waals surface area (Å²) in [5.74, 6) is 0.465. The Hall–Kier alpha value is -2.01. The summed E-state index contributed by atoms with van der Waals surface area (Å²) in [7, 11) is 3.16. The second-order valence-corrected chi connectivity index (χ2v) is 4.48. The number of aromatic carboxylic acids is 1. The lowest BCUT2D eigenvalue weighted by Gasteiger charge is -2.08. The van der Waals surface area contributed by atoms with E-state index in [9.17, 15) is 4.79 Å². The first kappa shape index (κ1) is 12.4. The van der Waals surface area contributed by atoms with Crippen molar-refractivity contribution in [1.82, 2.24) is 0 Å². The zero-order valence-corrected chi connectivity index (χ0v) is 10.8. The average Bonchev–Trinajstić information content (AvgIpc) is 2.87. The maximum absolute atomic E-state index is 10.9. The third-order valence-corrected chi connectivity index (χ3v) is 3.45. The van der Waals surface area contributed by atoms with Gasteiger partial charge in [-0.05, 0) is 35.2 Å². The van der Waals surface area contributed by atoms with Crippen LogP contribution in [0.25, 0.3) is 11.1 Å². The Morgan fingerprint density at radius 3 is 2.56 bits per heavy atom. The Kier molecular flexibility index (Phi) is 3.53. The number of rotatable bonds is 4. The SMILES string of the molecule is COc1ccc(OC)c(-c2csc(C(=O)O)c2)c1. The van der Waals surface area contributed by atoms with E-state index in [4.69, 9.17) is 14.6 Å². The van der Waals surface area contributed by atoms with E-state index in [0.29, 0.717) is 16.4 Å². The lowest BCUT2D eigenvalue weighted by molar-refractivity contribution is 0.0702. The number of carbonyl (C=O) groups is 1. The highest BCUT2D eigenvalue weighted by molar-refractivity contribution is 7.12. The molecule has 94 valence electrons. The number of hydrogen-bond donors (Lipinski definition) is 1. The van der Waals surface area contributed by atoms with Crippen molar-refractivity contribution in [2.75, 3.05) is 14.2 Å². The summed E-state index contributed by atoms with van der Waals surface area (Å²) in [5, 5.41) is 10.7. The fourth-order valence-corrected chi connectivity index (χ4v) is 2.37. The summed E-state index contributed by atoms with van der Waals surface area (Å²) in [5.41, 5.74) is 1.63. The molecule has 0 amide bonds. The molecule has 0 fully saturated rings. The largest absolute Gasteiger partial charge is 0.497 e. The Balaban J connectivity index is 2.50. The summed E-state index contributed by atoms with van der Waals surface area (Å²) >= 11 is 1.19. The molecule has 0 radical (unpaired) electrons. The highest BCUT2D eigenvalue weighted by Crippen LogP contribution is 2.35. The molecule has 0 atom stereocenters. The number of carboxylic acid groups (broad SMARTS) is 1. The van der Waals surface area contributed by atoms with E-state index >= 15 is 0 Å². The molecule has 0 aliphatic carbocycles. The van der Waals surface area contributed by atoms with Gasteiger partial charge in [0.1, 0.15) is 16.4 Å². The van der Waals surface area contributed by atoms with E-state index in [1.807, 2.05) is 6.07 Å². The molecule has 0 aliphatic rings. The maximum Gasteiger partial charge on any atom is 0.345 e. The fourth-order valence-electron chi connectivity index (χ4n) is 1.63. The minimum atomic E-state index is -0.923. The van der Waals surface area contributed by atoms with Crippen LogP contribution in [0.5, 0.6) is 11.5 Å². The zero-order valence-electron chi connectivity index (χ0n) is 9.97. The summed E-state index contributed by atoms with van der Waals surface area (Å²) in [6, 6.07) is 7.05. The van der Waals surface area contributed by atoms with E-state index in [1.165, 1.54) is 11.3 Å². The summed E-state index contributed by atoms with van der Waals surface area (Å²) < 4.78 is 10.4. The standard InChI is InChI=1S/C13H12O4S/c1-16-9-3-4-11(17-2)10(6-9)8-5-12(13(14)15)18-7-8/h3-7H,1-2H3,(H,14,15). The van der Waals surface area contributed by atoms with Crippen LogP contribution >= 0.6 is 11.3 Å². The number of thiophene rings is 1. The summed E-state index contributed by atoms with van der Waals surface area (Å²) in [6.07, 6.45) is 0. The molecule has 1 heterocycles. The molecule has 18 heavy (non-hydrogen) atoms. The van der Waals surface area contributed by atoms with Gasteiger partial charge in [-0.2, -0.15) is 0 Å². The Morgan fingerprint density at radius 1 is 1.22 bits per heavy atom. The molecule has 1 aromatic carbocycles. The van der Waals surface area contributed by atoms with E-state index in [2.05, 4.69) is 0 Å². The number of hydrogen-bond acceptors (Lipinski definition) is 4. The third-order valence-electron chi connectivity index (χ3n) is 2.53. The van der Waals surface area contributed by atoms with Crippen LogP contribution in [0, 0.1) is 0 Å². The molecule has 0 bridgehead atoms. The second kappa shape index (κ2) is 5.10. The predicted molar refractivity (Wildman–Crippen MR) is 69.8 cm³/mol. The Labute approximate surface area is 108 Å². The van der Waals surface area contributed by atoms with Gasteiger partial charge in [-0.3, -0.25) is 0 Å². The summed E-state index contributed by atoms with van der Waals surface area (Å²) in [4.78, 5) is 11.2. The van der Waals surface area contributed by atoms with Gasteiger partial charge in [0.2, 0.25) is 0 Å². The zero-order chi connectivity index (χ0) is 13.1. The molecule has 5 heteroatoms. The molecule has 0 spiro atoms. The molecular formula is C13H12O4S. The minimum Gasteiger partial charge on any atom is -0.497 e. The van der Waals surface area contributed by atoms with Gasteiger partial charge in [0, 0.05) is 5.56 Å². The molecule has 0 aliphatic heterocycles. The van der Waals surface area contributed by atoms with Gasteiger partial charge >= 0.3 is 5.97 Å². The summed E-state index contributed by atoms with van der Waals surface area (Å²) in [6.45, 7) is 0. The first-order valence-corrected chi connectivity index (χ1v) is 6.08. The van der Waals surface area contributed by atoms with Crippen LogP contribution in [0.2, 0.25) is 0 Å². The van der Waals surface area contributed by atoms with Crippen LogP contribution in [0.3, 0.4) is 0 Å². The molecule has 1 aromatic heterocycles. The van der Waals surface area contributed by atoms with Crippen molar-refractivity contribution in [2.24, 2.45) is 0 Å². The molecular weight excluding hydrogens is 252 g/mol. The maximum atomic E-state index is 10.9. The van der Waals surface area contributed by atoms with Crippen molar-refractivity contribution in [2.45, 2.75) is 0 Å². The number of ether oxygens (including phenoxy) is 2. The number of methoxy groups -OCH3 is 2. The lowest BCUT2D eigenvalue weighted by Crippen LogP contribution is -1.91. The normalized spacial score (nSPS) is 10.1. The van der Waals surface area contributed by atoms with Gasteiger partial charge in [0.15, 0.2) is 0 Å². The molecule has 1 N–H and O–H groups in total. The van der Waals surface area contributed by atoms with Gasteiger partial charge in [-0.1, -0.05) is 0 Å². The van der Waals surface area contributed by atoms with Gasteiger partial charge in [0.05, 0.1) is 14.2 Å². The van der Waals surface area contributed by atoms with Crippen molar-refractivity contribution in [3.8, 4) is 22.6 Å². The molecule has 0 unspecified atom stereocenters. The van der Waals surface area contributed by atoms with Gasteiger partial charge in [-0.25, -0.2) is 4.79 Å². The van der Waals surface area contributed by atoms with Crippen LogP contribution in [0.4, 0.5) is 0 Å². The van der Waals surface area contributed by atoms with Crippen molar-refractivity contribution in [3.05, 3.63) is 34.5 Å². The molecule has 0 saturated heterocycles. The van der Waals surface area contributed by atoms with Crippen LogP contribution < -0.4 is 9.47 Å². The van der Waals surface area contributed by atoms with Gasteiger partial charge in [0.25, 0.3) is 0 Å². The van der Waals surface area contributed by atoms with Crippen LogP contribution in [-0.4, -0.2) is 25.3 Å². The third kappa shape index (κ3) is 2.31. The van der Waals surface area contributed by atoms with E-state index < -0.39 is 5.97 Å². The minimum absolute atomic E-state index is 0.301. The highest BCUT2D eigenvalue weighted by atomic mass is 32.1. The van der Waals surface area contributed by atoms with Crippen molar-refractivity contribution in [3.63, 3.8) is 0 Å². The van der Waals surface area contributed by atoms with E-state index in [1.54, 1.807) is 37.8 Å². The van der Waals surface area contributed by atoms with Crippen LogP contribution in [0.1, 0.15) is 9.67 Å². The number of carboxylic acids is 1. The van der Waals surface area contributed by atoms with Crippen molar-refractivity contribution >= 4 is 17.3 Å². The first-order valence-electron chi connectivity index (χ1n) is 5.20. The fraction of sp³-hybridized carbons (Fsp3) is 0.154. The topological polar surface area (TPSA) is 55.8 Å². The van der Waals surface area contributed by atoms with Crippen LogP contribution in [-0.2, 0) is 0 Å². The van der Waals surface area contributed by atoms with E-state index in [-0.39, 0.29) is 0 Å². The second-order valence-electron chi connectivity index (χ2n) is 3.57. The highest BCUT2D eigenvalue weighted by Gasteiger charge is 2.12. The van der Waals surface area contributed by atoms with Crippen molar-refractivity contribution in [1.29, 1.82) is 0 Å². The molecule has 4 nitrogen and oxygen atoms in total. The molecule has 2 aromatic rings. The molecule has 0 saturated carbocycles. The number of benzene rings is 1. The monoisotopic (exact) mass is 264 g/mol. The lowest BCUT2D eigenvalue weighted by atomic mass is 10.1. The average molecular weight is 264 g/mol. The molecule has 2 rings (SSSR count). The quantitative estimate of drug-likeness (QED) is 0.921. The van der Waals surface area contributed by atoms with Gasteiger partial charge in [-0.15, -0.1) is 11.3 Å². The first-order chi connectivity index (χ1) is 8.65. The smallest absolute Gasteiger partial charge is 0.345 e. The van der Waals surface area contributed by atoms with E-state index in [0.717, 1.165) is 11.1 Å². The van der Waals surface area contributed by atoms with Gasteiger partial charge < -0.3 is 14.6 Å². The predicted octanol–water partition coefficient (Wildman–Crippen LogP) is 3.13. The van der Waals surface area contributed by atoms with Crippen LogP contribution in [0.15, 0.2) is 29.6 Å². The Morgan fingerprint density at radius 2 is 2.00 bits per heavy atom. The Bertz CT molecular complexity index is 574. The van der Waals surface area contributed by atoms with Crippen molar-refractivity contribution < 1.29 is 19.4 Å².